The number of rotatable bonds is 5. The number of hydrogen-bond acceptors (Lipinski definition) is 4. The third kappa shape index (κ3) is 6.00. The number of carbonyl (C=O) groups is 1. The van der Waals surface area contributed by atoms with Crippen LogP contribution in [0.3, 0.4) is 0 Å². The highest BCUT2D eigenvalue weighted by atomic mass is 35.5. The van der Waals surface area contributed by atoms with Gasteiger partial charge in [0.05, 0.1) is 11.8 Å². The van der Waals surface area contributed by atoms with Crippen molar-refractivity contribution in [2.45, 2.75) is 12.5 Å². The molecule has 1 aromatic rings. The first-order chi connectivity index (χ1) is 8.67. The molecule has 5 nitrogen and oxygen atoms in total. The van der Waals surface area contributed by atoms with Gasteiger partial charge in [0.2, 0.25) is 5.91 Å². The molecule has 0 fully saturated rings. The zero-order valence-electron chi connectivity index (χ0n) is 10.2. The maximum atomic E-state index is 13.0. The Balaban J connectivity index is 2.63. The third-order valence-corrected chi connectivity index (χ3v) is 3.46. The SMILES string of the molecule is CS(=O)(=O)CCC(N)C(=O)Nc1cc(F)cc(Cl)c1. The highest BCUT2D eigenvalue weighted by Crippen LogP contribution is 2.18. The van der Waals surface area contributed by atoms with Gasteiger partial charge in [-0.15, -0.1) is 0 Å². The third-order valence-electron chi connectivity index (χ3n) is 2.27. The van der Waals surface area contributed by atoms with Gasteiger partial charge in [-0.2, -0.15) is 0 Å². The fourth-order valence-corrected chi connectivity index (χ4v) is 2.24. The predicted octanol–water partition coefficient (Wildman–Crippen LogP) is 1.18. The summed E-state index contributed by atoms with van der Waals surface area (Å²) in [6.07, 6.45) is 1.05. The molecule has 0 spiro atoms. The summed E-state index contributed by atoms with van der Waals surface area (Å²) in [6, 6.07) is 2.57. The Morgan fingerprint density at radius 3 is 2.63 bits per heavy atom. The average Bonchev–Trinajstić information content (AvgIpc) is 2.23. The van der Waals surface area contributed by atoms with Gasteiger partial charge in [-0.05, 0) is 24.6 Å². The summed E-state index contributed by atoms with van der Waals surface area (Å²) in [5.74, 6) is -1.37. The van der Waals surface area contributed by atoms with Crippen molar-refractivity contribution >= 4 is 33.0 Å². The van der Waals surface area contributed by atoms with E-state index in [1.165, 1.54) is 6.07 Å². The lowest BCUT2D eigenvalue weighted by molar-refractivity contribution is -0.117. The van der Waals surface area contributed by atoms with E-state index in [1.807, 2.05) is 0 Å². The quantitative estimate of drug-likeness (QED) is 0.855. The minimum Gasteiger partial charge on any atom is -0.325 e. The van der Waals surface area contributed by atoms with Crippen molar-refractivity contribution in [2.24, 2.45) is 5.73 Å². The van der Waals surface area contributed by atoms with E-state index in [1.54, 1.807) is 0 Å². The van der Waals surface area contributed by atoms with E-state index in [9.17, 15) is 17.6 Å². The molecule has 0 aliphatic rings. The van der Waals surface area contributed by atoms with Crippen LogP contribution in [-0.2, 0) is 14.6 Å². The fraction of sp³-hybridized carbons (Fsp3) is 0.364. The molecule has 1 amide bonds. The van der Waals surface area contributed by atoms with Crippen LogP contribution in [0, 0.1) is 5.82 Å². The summed E-state index contributed by atoms with van der Waals surface area (Å²) in [5.41, 5.74) is 5.72. The topological polar surface area (TPSA) is 89.3 Å². The molecule has 1 aromatic carbocycles. The maximum absolute atomic E-state index is 13.0. The highest BCUT2D eigenvalue weighted by Gasteiger charge is 2.16. The molecule has 0 aliphatic heterocycles. The number of nitrogens with one attached hydrogen (secondary N) is 1. The molecule has 0 saturated heterocycles. The molecule has 0 heterocycles. The van der Waals surface area contributed by atoms with Gasteiger partial charge in [-0.3, -0.25) is 4.79 Å². The number of carbonyl (C=O) groups excluding carboxylic acids is 1. The zero-order valence-corrected chi connectivity index (χ0v) is 11.8. The fourth-order valence-electron chi connectivity index (χ4n) is 1.33. The zero-order chi connectivity index (χ0) is 14.6. The molecular weight excluding hydrogens is 295 g/mol. The molecule has 0 aromatic heterocycles. The first kappa shape index (κ1) is 15.9. The second-order valence-electron chi connectivity index (χ2n) is 4.17. The van der Waals surface area contributed by atoms with E-state index in [0.29, 0.717) is 0 Å². The molecule has 0 radical (unpaired) electrons. The summed E-state index contributed by atoms with van der Waals surface area (Å²) >= 11 is 5.63. The van der Waals surface area contributed by atoms with Crippen LogP contribution >= 0.6 is 11.6 Å². The van der Waals surface area contributed by atoms with E-state index >= 15 is 0 Å². The molecule has 1 rings (SSSR count). The monoisotopic (exact) mass is 308 g/mol. The van der Waals surface area contributed by atoms with Crippen LogP contribution < -0.4 is 11.1 Å². The molecule has 8 heteroatoms. The van der Waals surface area contributed by atoms with Crippen LogP contribution in [0.1, 0.15) is 6.42 Å². The van der Waals surface area contributed by atoms with Crippen molar-refractivity contribution in [1.29, 1.82) is 0 Å². The normalized spacial score (nSPS) is 13.1. The average molecular weight is 309 g/mol. The smallest absolute Gasteiger partial charge is 0.241 e. The van der Waals surface area contributed by atoms with Crippen molar-refractivity contribution in [3.05, 3.63) is 29.0 Å². The number of benzene rings is 1. The molecule has 0 saturated carbocycles. The Hall–Kier alpha value is -1.18. The summed E-state index contributed by atoms with van der Waals surface area (Å²) < 4.78 is 34.9. The minimum atomic E-state index is -3.18. The molecule has 1 unspecified atom stereocenters. The molecule has 3 N–H and O–H groups in total. The van der Waals surface area contributed by atoms with E-state index in [-0.39, 0.29) is 22.9 Å². The van der Waals surface area contributed by atoms with Crippen molar-refractivity contribution in [3.63, 3.8) is 0 Å². The van der Waals surface area contributed by atoms with Gasteiger partial charge >= 0.3 is 0 Å². The van der Waals surface area contributed by atoms with Crippen LogP contribution in [0.4, 0.5) is 10.1 Å². The van der Waals surface area contributed by atoms with E-state index in [0.717, 1.165) is 18.4 Å². The second kappa shape index (κ2) is 6.31. The van der Waals surface area contributed by atoms with Gasteiger partial charge in [0.25, 0.3) is 0 Å². The number of amides is 1. The van der Waals surface area contributed by atoms with Crippen molar-refractivity contribution in [1.82, 2.24) is 0 Å². The number of anilines is 1. The lowest BCUT2D eigenvalue weighted by Crippen LogP contribution is -2.37. The van der Waals surface area contributed by atoms with Gasteiger partial charge in [0, 0.05) is 17.0 Å². The Morgan fingerprint density at radius 1 is 1.47 bits per heavy atom. The van der Waals surface area contributed by atoms with Crippen LogP contribution in [0.15, 0.2) is 18.2 Å². The van der Waals surface area contributed by atoms with E-state index in [2.05, 4.69) is 5.32 Å². The Morgan fingerprint density at radius 2 is 2.11 bits per heavy atom. The number of hydrogen-bond donors (Lipinski definition) is 2. The Labute approximate surface area is 115 Å². The van der Waals surface area contributed by atoms with Crippen molar-refractivity contribution < 1.29 is 17.6 Å². The summed E-state index contributed by atoms with van der Waals surface area (Å²) in [6.45, 7) is 0. The van der Waals surface area contributed by atoms with Crippen LogP contribution in [0.2, 0.25) is 5.02 Å². The Bertz CT molecular complexity index is 557. The van der Waals surface area contributed by atoms with Crippen LogP contribution in [-0.4, -0.2) is 32.4 Å². The predicted molar refractivity (Wildman–Crippen MR) is 72.3 cm³/mol. The van der Waals surface area contributed by atoms with Gasteiger partial charge in [-0.1, -0.05) is 11.6 Å². The molecule has 0 aliphatic carbocycles. The summed E-state index contributed by atoms with van der Waals surface area (Å²) in [7, 11) is -3.18. The number of sulfone groups is 1. The number of halogens is 2. The summed E-state index contributed by atoms with van der Waals surface area (Å²) in [4.78, 5) is 11.7. The second-order valence-corrected chi connectivity index (χ2v) is 6.87. The highest BCUT2D eigenvalue weighted by molar-refractivity contribution is 7.90. The van der Waals surface area contributed by atoms with Crippen LogP contribution in [0.25, 0.3) is 0 Å². The number of nitrogens with two attached hydrogens (primary N) is 1. The Kier molecular flexibility index (Phi) is 5.28. The molecular formula is C11H14ClFN2O3S. The van der Waals surface area contributed by atoms with Gasteiger partial charge in [0.1, 0.15) is 15.7 Å². The lowest BCUT2D eigenvalue weighted by Gasteiger charge is -2.12. The first-order valence-corrected chi connectivity index (χ1v) is 7.81. The van der Waals surface area contributed by atoms with Crippen molar-refractivity contribution in [3.8, 4) is 0 Å². The van der Waals surface area contributed by atoms with Crippen molar-refractivity contribution in [2.75, 3.05) is 17.3 Å². The minimum absolute atomic E-state index is 0.00624. The molecule has 106 valence electrons. The molecule has 0 bridgehead atoms. The van der Waals surface area contributed by atoms with E-state index < -0.39 is 27.6 Å². The van der Waals surface area contributed by atoms with Gasteiger partial charge < -0.3 is 11.1 Å². The first-order valence-electron chi connectivity index (χ1n) is 5.37. The maximum Gasteiger partial charge on any atom is 0.241 e. The van der Waals surface area contributed by atoms with Gasteiger partial charge in [-0.25, -0.2) is 12.8 Å². The molecule has 19 heavy (non-hydrogen) atoms. The van der Waals surface area contributed by atoms with E-state index in [4.69, 9.17) is 17.3 Å². The standard InChI is InChI=1S/C11H14ClFN2O3S/c1-19(17,18)3-2-10(14)11(16)15-9-5-7(12)4-8(13)6-9/h4-6,10H,2-3,14H2,1H3,(H,15,16). The summed E-state index contributed by atoms with van der Waals surface area (Å²) in [5, 5.41) is 2.52. The van der Waals surface area contributed by atoms with Crippen LogP contribution in [0.5, 0.6) is 0 Å². The lowest BCUT2D eigenvalue weighted by atomic mass is 10.2. The largest absolute Gasteiger partial charge is 0.325 e. The molecule has 1 atom stereocenters. The van der Waals surface area contributed by atoms with Gasteiger partial charge in [0.15, 0.2) is 0 Å².